The van der Waals surface area contributed by atoms with E-state index in [0.717, 1.165) is 0 Å². The lowest BCUT2D eigenvalue weighted by Gasteiger charge is -2.25. The molecular formula is C18H23NO4. The van der Waals surface area contributed by atoms with Crippen LogP contribution in [-0.4, -0.2) is 17.6 Å². The molecule has 0 aliphatic carbocycles. The van der Waals surface area contributed by atoms with Crippen molar-refractivity contribution in [3.05, 3.63) is 39.2 Å². The first-order valence-corrected chi connectivity index (χ1v) is 7.72. The smallest absolute Gasteiger partial charge is 0.220 e. The van der Waals surface area contributed by atoms with Crippen LogP contribution in [0.2, 0.25) is 0 Å². The minimum absolute atomic E-state index is 0.0805. The van der Waals surface area contributed by atoms with Gasteiger partial charge in [0.1, 0.15) is 17.1 Å². The molecule has 0 aliphatic rings. The number of benzene rings is 1. The van der Waals surface area contributed by atoms with Gasteiger partial charge in [0.25, 0.3) is 0 Å². The number of amides is 1. The van der Waals surface area contributed by atoms with E-state index in [0.29, 0.717) is 34.4 Å². The fourth-order valence-electron chi connectivity index (χ4n) is 2.86. The van der Waals surface area contributed by atoms with Gasteiger partial charge in [-0.25, -0.2) is 0 Å². The normalized spacial score (nSPS) is 11.7. The van der Waals surface area contributed by atoms with Gasteiger partial charge in [0.05, 0.1) is 5.39 Å². The zero-order valence-electron chi connectivity index (χ0n) is 14.2. The number of hydrogen-bond acceptors (Lipinski definition) is 4. The Labute approximate surface area is 135 Å². The number of carbonyl (C=O) groups is 1. The van der Waals surface area contributed by atoms with Gasteiger partial charge >= 0.3 is 0 Å². The molecule has 124 valence electrons. The van der Waals surface area contributed by atoms with Gasteiger partial charge in [-0.2, -0.15) is 0 Å². The highest BCUT2D eigenvalue weighted by Gasteiger charge is 2.30. The Hall–Kier alpha value is -2.30. The van der Waals surface area contributed by atoms with Crippen molar-refractivity contribution in [1.29, 1.82) is 0 Å². The maximum absolute atomic E-state index is 12.6. The molecule has 0 saturated carbocycles. The van der Waals surface area contributed by atoms with Crippen LogP contribution in [0.25, 0.3) is 11.0 Å². The van der Waals surface area contributed by atoms with E-state index in [9.17, 15) is 14.7 Å². The Balaban J connectivity index is 2.65. The Bertz CT molecular complexity index is 818. The Morgan fingerprint density at radius 3 is 2.52 bits per heavy atom. The van der Waals surface area contributed by atoms with Crippen LogP contribution in [0.3, 0.4) is 0 Å². The van der Waals surface area contributed by atoms with Gasteiger partial charge in [-0.05, 0) is 32.9 Å². The van der Waals surface area contributed by atoms with Gasteiger partial charge in [0.15, 0.2) is 5.43 Å². The number of carbonyl (C=O) groups excluding carboxylic acids is 1. The lowest BCUT2D eigenvalue weighted by Crippen LogP contribution is -2.32. The van der Waals surface area contributed by atoms with E-state index in [1.165, 1.54) is 6.07 Å². The highest BCUT2D eigenvalue weighted by atomic mass is 16.3. The largest absolute Gasteiger partial charge is 0.508 e. The first-order valence-electron chi connectivity index (χ1n) is 7.72. The molecule has 0 radical (unpaired) electrons. The van der Waals surface area contributed by atoms with Crippen molar-refractivity contribution in [2.45, 2.75) is 46.5 Å². The van der Waals surface area contributed by atoms with Crippen LogP contribution < -0.4 is 10.7 Å². The van der Waals surface area contributed by atoms with Crippen molar-refractivity contribution in [3.63, 3.8) is 0 Å². The van der Waals surface area contributed by atoms with Crippen LogP contribution in [0, 0.1) is 13.8 Å². The summed E-state index contributed by atoms with van der Waals surface area (Å²) in [6.45, 7) is 9.58. The van der Waals surface area contributed by atoms with E-state index in [2.05, 4.69) is 5.32 Å². The van der Waals surface area contributed by atoms with Crippen LogP contribution >= 0.6 is 0 Å². The highest BCUT2D eigenvalue weighted by molar-refractivity contribution is 5.83. The van der Waals surface area contributed by atoms with Crippen molar-refractivity contribution in [2.75, 3.05) is 6.54 Å². The predicted octanol–water partition coefficient (Wildman–Crippen LogP) is 2.92. The summed E-state index contributed by atoms with van der Waals surface area (Å²) in [5, 5.41) is 13.1. The SMILES string of the molecule is CCNC(=O)CC(C)(C)c1oc2c(C)c(O)ccc2c(=O)c1C. The van der Waals surface area contributed by atoms with Crippen molar-refractivity contribution in [2.24, 2.45) is 0 Å². The van der Waals surface area contributed by atoms with E-state index >= 15 is 0 Å². The summed E-state index contributed by atoms with van der Waals surface area (Å²) in [5.41, 5.74) is 0.633. The van der Waals surface area contributed by atoms with E-state index in [1.807, 2.05) is 20.8 Å². The number of aryl methyl sites for hydroxylation is 1. The van der Waals surface area contributed by atoms with Gasteiger partial charge in [-0.1, -0.05) is 13.8 Å². The zero-order valence-corrected chi connectivity index (χ0v) is 14.2. The molecule has 0 saturated heterocycles. The Morgan fingerprint density at radius 1 is 1.26 bits per heavy atom. The number of phenolic OH excluding ortho intramolecular Hbond substituents is 1. The average Bonchev–Trinajstić information content (AvgIpc) is 2.46. The standard InChI is InChI=1S/C18H23NO4/c1-6-19-14(21)9-18(4,5)17-11(3)15(22)12-7-8-13(20)10(2)16(12)23-17/h7-8,20H,6,9H2,1-5H3,(H,19,21). The molecule has 2 N–H and O–H groups in total. The Morgan fingerprint density at radius 2 is 1.91 bits per heavy atom. The van der Waals surface area contributed by atoms with E-state index in [-0.39, 0.29) is 23.5 Å². The second-order valence-electron chi connectivity index (χ2n) is 6.49. The molecular weight excluding hydrogens is 294 g/mol. The van der Waals surface area contributed by atoms with Crippen LogP contribution in [-0.2, 0) is 10.2 Å². The van der Waals surface area contributed by atoms with Gasteiger partial charge in [-0.15, -0.1) is 0 Å². The monoisotopic (exact) mass is 317 g/mol. The molecule has 5 nitrogen and oxygen atoms in total. The fraction of sp³-hybridized carbons (Fsp3) is 0.444. The molecule has 1 aromatic carbocycles. The van der Waals surface area contributed by atoms with Crippen LogP contribution in [0.4, 0.5) is 0 Å². The lowest BCUT2D eigenvalue weighted by atomic mass is 9.83. The average molecular weight is 317 g/mol. The molecule has 1 heterocycles. The molecule has 0 unspecified atom stereocenters. The van der Waals surface area contributed by atoms with Gasteiger partial charge in [0.2, 0.25) is 5.91 Å². The minimum atomic E-state index is -0.630. The minimum Gasteiger partial charge on any atom is -0.508 e. The van der Waals surface area contributed by atoms with E-state index < -0.39 is 5.41 Å². The van der Waals surface area contributed by atoms with Crippen LogP contribution in [0.15, 0.2) is 21.3 Å². The molecule has 2 rings (SSSR count). The van der Waals surface area contributed by atoms with Gasteiger partial charge in [-0.3, -0.25) is 9.59 Å². The first-order chi connectivity index (χ1) is 10.7. The number of hydrogen-bond donors (Lipinski definition) is 2. The lowest BCUT2D eigenvalue weighted by molar-refractivity contribution is -0.122. The van der Waals surface area contributed by atoms with E-state index in [4.69, 9.17) is 4.42 Å². The summed E-state index contributed by atoms with van der Waals surface area (Å²) in [4.78, 5) is 24.6. The molecule has 0 spiro atoms. The van der Waals surface area contributed by atoms with Gasteiger partial charge < -0.3 is 14.8 Å². The number of fused-ring (bicyclic) bond motifs is 1. The topological polar surface area (TPSA) is 79.5 Å². The molecule has 1 aromatic heterocycles. The summed E-state index contributed by atoms with van der Waals surface area (Å²) in [6, 6.07) is 3.06. The maximum atomic E-state index is 12.6. The number of rotatable bonds is 4. The fourth-order valence-corrected chi connectivity index (χ4v) is 2.86. The molecule has 0 fully saturated rings. The van der Waals surface area contributed by atoms with E-state index in [1.54, 1.807) is 19.9 Å². The zero-order chi connectivity index (χ0) is 17.4. The maximum Gasteiger partial charge on any atom is 0.220 e. The summed E-state index contributed by atoms with van der Waals surface area (Å²) in [5.74, 6) is 0.471. The molecule has 0 bridgehead atoms. The van der Waals surface area contributed by atoms with Crippen LogP contribution in [0.5, 0.6) is 5.75 Å². The molecule has 2 aromatic rings. The van der Waals surface area contributed by atoms with Crippen molar-refractivity contribution >= 4 is 16.9 Å². The third kappa shape index (κ3) is 3.09. The summed E-state index contributed by atoms with van der Waals surface area (Å²) >= 11 is 0. The summed E-state index contributed by atoms with van der Waals surface area (Å²) in [7, 11) is 0. The first kappa shape index (κ1) is 17.1. The molecule has 0 aliphatic heterocycles. The summed E-state index contributed by atoms with van der Waals surface area (Å²) in [6.07, 6.45) is 0.216. The molecule has 0 atom stereocenters. The van der Waals surface area contributed by atoms with Crippen molar-refractivity contribution < 1.29 is 14.3 Å². The summed E-state index contributed by atoms with van der Waals surface area (Å²) < 4.78 is 5.99. The molecule has 1 amide bonds. The third-order valence-electron chi connectivity index (χ3n) is 4.10. The predicted molar refractivity (Wildman–Crippen MR) is 89.9 cm³/mol. The molecule has 23 heavy (non-hydrogen) atoms. The number of aromatic hydroxyl groups is 1. The number of phenols is 1. The number of nitrogens with one attached hydrogen (secondary N) is 1. The van der Waals surface area contributed by atoms with Crippen LogP contribution in [0.1, 0.15) is 44.1 Å². The second kappa shape index (κ2) is 6.07. The third-order valence-corrected chi connectivity index (χ3v) is 4.10. The van der Waals surface area contributed by atoms with Crippen molar-refractivity contribution in [3.8, 4) is 5.75 Å². The highest BCUT2D eigenvalue weighted by Crippen LogP contribution is 2.33. The second-order valence-corrected chi connectivity index (χ2v) is 6.49. The Kier molecular flexibility index (Phi) is 4.50. The molecule has 5 heteroatoms. The van der Waals surface area contributed by atoms with Gasteiger partial charge in [0, 0.05) is 29.5 Å². The quantitative estimate of drug-likeness (QED) is 0.908. The van der Waals surface area contributed by atoms with Crippen molar-refractivity contribution in [1.82, 2.24) is 5.32 Å².